The molecule has 0 fully saturated rings. The smallest absolute Gasteiger partial charge is 0.228 e. The highest BCUT2D eigenvalue weighted by atomic mass is 32.2. The molecule has 0 radical (unpaired) electrons. The fourth-order valence-electron chi connectivity index (χ4n) is 1.37. The van der Waals surface area contributed by atoms with Gasteiger partial charge >= 0.3 is 0 Å². The number of carbonyl (C=O) groups is 1. The van der Waals surface area contributed by atoms with Crippen molar-refractivity contribution >= 4 is 23.5 Å². The summed E-state index contributed by atoms with van der Waals surface area (Å²) in [6, 6.07) is 7.56. The molecule has 2 aromatic rings. The minimum absolute atomic E-state index is 0.0588. The van der Waals surface area contributed by atoms with Crippen LogP contribution in [0.15, 0.2) is 41.7 Å². The maximum absolute atomic E-state index is 11.5. The summed E-state index contributed by atoms with van der Waals surface area (Å²) >= 11 is 1.59. The normalized spacial score (nSPS) is 10.6. The standard InChI is InChI=1S/C14H16N4OS/c1-10(2)14(19)16-12-3-4-13(18-17-12)20-9-11-5-7-15-8-6-11/h3-8,10H,9H2,1-2H3,(H,16,17,19). The Morgan fingerprint density at radius 1 is 1.20 bits per heavy atom. The quantitative estimate of drug-likeness (QED) is 0.857. The van der Waals surface area contributed by atoms with Crippen LogP contribution in [-0.4, -0.2) is 21.1 Å². The molecule has 0 bridgehead atoms. The van der Waals surface area contributed by atoms with Crippen molar-refractivity contribution in [1.29, 1.82) is 0 Å². The number of hydrogen-bond donors (Lipinski definition) is 1. The van der Waals surface area contributed by atoms with E-state index in [0.717, 1.165) is 10.8 Å². The molecule has 5 nitrogen and oxygen atoms in total. The van der Waals surface area contributed by atoms with E-state index in [-0.39, 0.29) is 11.8 Å². The largest absolute Gasteiger partial charge is 0.309 e. The number of hydrogen-bond acceptors (Lipinski definition) is 5. The van der Waals surface area contributed by atoms with Crippen LogP contribution in [0.3, 0.4) is 0 Å². The lowest BCUT2D eigenvalue weighted by Gasteiger charge is -2.06. The Morgan fingerprint density at radius 2 is 1.95 bits per heavy atom. The summed E-state index contributed by atoms with van der Waals surface area (Å²) < 4.78 is 0. The van der Waals surface area contributed by atoms with Crippen molar-refractivity contribution in [3.8, 4) is 0 Å². The molecule has 104 valence electrons. The van der Waals surface area contributed by atoms with Gasteiger partial charge < -0.3 is 5.32 Å². The summed E-state index contributed by atoms with van der Waals surface area (Å²) in [5, 5.41) is 11.6. The number of anilines is 1. The molecule has 6 heteroatoms. The maximum atomic E-state index is 11.5. The van der Waals surface area contributed by atoms with E-state index in [2.05, 4.69) is 20.5 Å². The molecule has 2 aromatic heterocycles. The number of nitrogens with zero attached hydrogens (tertiary/aromatic N) is 3. The van der Waals surface area contributed by atoms with Crippen molar-refractivity contribution in [3.05, 3.63) is 42.2 Å². The molecule has 0 aliphatic heterocycles. The first-order valence-corrected chi connectivity index (χ1v) is 7.30. The first-order chi connectivity index (χ1) is 9.65. The van der Waals surface area contributed by atoms with Crippen LogP contribution in [0, 0.1) is 5.92 Å². The van der Waals surface area contributed by atoms with Crippen molar-refractivity contribution in [2.24, 2.45) is 5.92 Å². The summed E-state index contributed by atoms with van der Waals surface area (Å²) in [6.07, 6.45) is 3.54. The van der Waals surface area contributed by atoms with Crippen LogP contribution in [0.1, 0.15) is 19.4 Å². The zero-order valence-corrected chi connectivity index (χ0v) is 12.2. The van der Waals surface area contributed by atoms with Crippen molar-refractivity contribution < 1.29 is 4.79 Å². The molecule has 0 aromatic carbocycles. The van der Waals surface area contributed by atoms with Crippen LogP contribution in [-0.2, 0) is 10.5 Å². The molecule has 2 heterocycles. The van der Waals surface area contributed by atoms with Crippen LogP contribution < -0.4 is 5.32 Å². The Bertz CT molecular complexity index is 557. The average molecular weight is 288 g/mol. The van der Waals surface area contributed by atoms with E-state index in [4.69, 9.17) is 0 Å². The molecule has 0 aliphatic carbocycles. The fraction of sp³-hybridized carbons (Fsp3) is 0.286. The van der Waals surface area contributed by atoms with E-state index in [9.17, 15) is 4.79 Å². The minimum atomic E-state index is -0.0717. The number of rotatable bonds is 5. The number of carbonyl (C=O) groups excluding carboxylic acids is 1. The average Bonchev–Trinajstić information content (AvgIpc) is 2.47. The number of thioether (sulfide) groups is 1. The second-order valence-electron chi connectivity index (χ2n) is 4.54. The van der Waals surface area contributed by atoms with Gasteiger partial charge in [-0.2, -0.15) is 0 Å². The van der Waals surface area contributed by atoms with Gasteiger partial charge in [0.25, 0.3) is 0 Å². The van der Waals surface area contributed by atoms with E-state index in [1.807, 2.05) is 32.0 Å². The molecule has 0 spiro atoms. The number of pyridine rings is 1. The molecule has 0 saturated heterocycles. The van der Waals surface area contributed by atoms with Gasteiger partial charge in [0.15, 0.2) is 5.82 Å². The number of amides is 1. The lowest BCUT2D eigenvalue weighted by molar-refractivity contribution is -0.118. The molecule has 0 atom stereocenters. The van der Waals surface area contributed by atoms with Crippen molar-refractivity contribution in [1.82, 2.24) is 15.2 Å². The van der Waals surface area contributed by atoms with E-state index in [1.165, 1.54) is 5.56 Å². The van der Waals surface area contributed by atoms with E-state index in [0.29, 0.717) is 5.82 Å². The van der Waals surface area contributed by atoms with Crippen molar-refractivity contribution in [3.63, 3.8) is 0 Å². The molecule has 0 aliphatic rings. The second kappa shape index (κ2) is 7.00. The Morgan fingerprint density at radius 3 is 2.55 bits per heavy atom. The summed E-state index contributed by atoms with van der Waals surface area (Å²) in [7, 11) is 0. The third-order valence-corrected chi connectivity index (χ3v) is 3.54. The first kappa shape index (κ1) is 14.5. The second-order valence-corrected chi connectivity index (χ2v) is 5.54. The molecule has 20 heavy (non-hydrogen) atoms. The van der Waals surface area contributed by atoms with Gasteiger partial charge in [-0.05, 0) is 29.8 Å². The zero-order chi connectivity index (χ0) is 14.4. The summed E-state index contributed by atoms with van der Waals surface area (Å²) in [4.78, 5) is 15.5. The van der Waals surface area contributed by atoms with Gasteiger partial charge in [0.05, 0.1) is 0 Å². The highest BCUT2D eigenvalue weighted by molar-refractivity contribution is 7.98. The van der Waals surface area contributed by atoms with Gasteiger partial charge in [0, 0.05) is 24.1 Å². The Balaban J connectivity index is 1.90. The summed E-state index contributed by atoms with van der Waals surface area (Å²) in [5.41, 5.74) is 1.18. The number of nitrogens with one attached hydrogen (secondary N) is 1. The van der Waals surface area contributed by atoms with E-state index < -0.39 is 0 Å². The highest BCUT2D eigenvalue weighted by Gasteiger charge is 2.08. The summed E-state index contributed by atoms with van der Waals surface area (Å²) in [6.45, 7) is 3.67. The van der Waals surface area contributed by atoms with Gasteiger partial charge in [-0.1, -0.05) is 25.6 Å². The molecule has 1 N–H and O–H groups in total. The molecule has 1 amide bonds. The fourth-order valence-corrected chi connectivity index (χ4v) is 2.14. The van der Waals surface area contributed by atoms with Gasteiger partial charge in [0.1, 0.15) is 5.03 Å². The first-order valence-electron chi connectivity index (χ1n) is 6.31. The third kappa shape index (κ3) is 4.31. The van der Waals surface area contributed by atoms with Crippen LogP contribution in [0.5, 0.6) is 0 Å². The van der Waals surface area contributed by atoms with Crippen molar-refractivity contribution in [2.45, 2.75) is 24.6 Å². The predicted octanol–water partition coefficient (Wildman–Crippen LogP) is 2.76. The van der Waals surface area contributed by atoms with Crippen LogP contribution in [0.4, 0.5) is 5.82 Å². The van der Waals surface area contributed by atoms with Gasteiger partial charge in [-0.3, -0.25) is 9.78 Å². The van der Waals surface area contributed by atoms with E-state index >= 15 is 0 Å². The lowest BCUT2D eigenvalue weighted by Crippen LogP contribution is -2.18. The Kier molecular flexibility index (Phi) is 5.06. The molecule has 0 saturated carbocycles. The van der Waals surface area contributed by atoms with Crippen LogP contribution >= 0.6 is 11.8 Å². The minimum Gasteiger partial charge on any atom is -0.309 e. The van der Waals surface area contributed by atoms with Crippen LogP contribution in [0.25, 0.3) is 0 Å². The molecule has 2 rings (SSSR count). The van der Waals surface area contributed by atoms with E-state index in [1.54, 1.807) is 30.2 Å². The lowest BCUT2D eigenvalue weighted by atomic mass is 10.2. The zero-order valence-electron chi connectivity index (χ0n) is 11.4. The monoisotopic (exact) mass is 288 g/mol. The molecule has 0 unspecified atom stereocenters. The maximum Gasteiger partial charge on any atom is 0.228 e. The van der Waals surface area contributed by atoms with Gasteiger partial charge in [0.2, 0.25) is 5.91 Å². The van der Waals surface area contributed by atoms with Gasteiger partial charge in [-0.15, -0.1) is 10.2 Å². The predicted molar refractivity (Wildman–Crippen MR) is 79.3 cm³/mol. The van der Waals surface area contributed by atoms with Gasteiger partial charge in [-0.25, -0.2) is 0 Å². The van der Waals surface area contributed by atoms with Crippen molar-refractivity contribution in [2.75, 3.05) is 5.32 Å². The Hall–Kier alpha value is -1.95. The molecular weight excluding hydrogens is 272 g/mol. The summed E-state index contributed by atoms with van der Waals surface area (Å²) in [5.74, 6) is 1.17. The number of aromatic nitrogens is 3. The third-order valence-electron chi connectivity index (χ3n) is 2.55. The topological polar surface area (TPSA) is 67.8 Å². The highest BCUT2D eigenvalue weighted by Crippen LogP contribution is 2.20. The van der Waals surface area contributed by atoms with Crippen LogP contribution in [0.2, 0.25) is 0 Å². The SMILES string of the molecule is CC(C)C(=O)Nc1ccc(SCc2ccncc2)nn1. The Labute approximate surface area is 122 Å². The molecular formula is C14H16N4OS.